The van der Waals surface area contributed by atoms with Crippen molar-refractivity contribution in [2.75, 3.05) is 39.9 Å². The number of rotatable bonds is 6. The number of ether oxygens (including phenoxy) is 2. The van der Waals surface area contributed by atoms with E-state index in [9.17, 15) is 18.0 Å². The highest BCUT2D eigenvalue weighted by Gasteiger charge is 2.44. The SMILES string of the molecule is COC(=O)[C@@H]1CCC[C@H](COC(=O)N2CCC(N3CCCCC3)CC2)N1S(=O)(=O)c1ccc(Cl)cc1. The molecule has 0 aromatic heterocycles. The second-order valence-corrected chi connectivity index (χ2v) is 12.1. The van der Waals surface area contributed by atoms with E-state index in [4.69, 9.17) is 21.1 Å². The van der Waals surface area contributed by atoms with Crippen LogP contribution in [0.5, 0.6) is 0 Å². The molecule has 3 fully saturated rings. The number of sulfonamides is 1. The van der Waals surface area contributed by atoms with Gasteiger partial charge in [-0.25, -0.2) is 13.2 Å². The zero-order chi connectivity index (χ0) is 25.7. The molecule has 11 heteroatoms. The molecule has 1 aromatic rings. The summed E-state index contributed by atoms with van der Waals surface area (Å²) in [5, 5.41) is 0.409. The number of halogens is 1. The predicted octanol–water partition coefficient (Wildman–Crippen LogP) is 3.51. The zero-order valence-electron chi connectivity index (χ0n) is 20.8. The van der Waals surface area contributed by atoms with E-state index in [1.807, 2.05) is 0 Å². The van der Waals surface area contributed by atoms with Crippen molar-refractivity contribution in [2.45, 2.75) is 74.4 Å². The van der Waals surface area contributed by atoms with Gasteiger partial charge in [-0.3, -0.25) is 4.79 Å². The van der Waals surface area contributed by atoms with Gasteiger partial charge in [-0.2, -0.15) is 4.31 Å². The largest absolute Gasteiger partial charge is 0.468 e. The van der Waals surface area contributed by atoms with Crippen LogP contribution in [-0.2, 0) is 24.3 Å². The van der Waals surface area contributed by atoms with E-state index in [0.29, 0.717) is 43.4 Å². The van der Waals surface area contributed by atoms with Gasteiger partial charge in [0.15, 0.2) is 0 Å². The number of piperidine rings is 3. The number of carbonyl (C=O) groups excluding carboxylic acids is 2. The Bertz CT molecular complexity index is 1010. The molecular weight excluding hydrogens is 506 g/mol. The fourth-order valence-electron chi connectivity index (χ4n) is 5.62. The Morgan fingerprint density at radius 2 is 1.61 bits per heavy atom. The Balaban J connectivity index is 1.41. The summed E-state index contributed by atoms with van der Waals surface area (Å²) in [6.07, 6.45) is 6.62. The number of benzene rings is 1. The van der Waals surface area contributed by atoms with Crippen molar-refractivity contribution >= 4 is 33.7 Å². The number of hydrogen-bond acceptors (Lipinski definition) is 7. The molecule has 0 aliphatic carbocycles. The molecule has 0 N–H and O–H groups in total. The van der Waals surface area contributed by atoms with E-state index in [1.165, 1.54) is 54.9 Å². The van der Waals surface area contributed by atoms with Crippen molar-refractivity contribution in [2.24, 2.45) is 0 Å². The van der Waals surface area contributed by atoms with Gasteiger partial charge in [0, 0.05) is 24.2 Å². The van der Waals surface area contributed by atoms with Crippen LogP contribution in [0.15, 0.2) is 29.2 Å². The maximum Gasteiger partial charge on any atom is 0.409 e. The molecule has 3 aliphatic rings. The molecule has 0 radical (unpaired) electrons. The van der Waals surface area contributed by atoms with Crippen LogP contribution in [0.4, 0.5) is 4.79 Å². The summed E-state index contributed by atoms with van der Waals surface area (Å²) >= 11 is 5.94. The summed E-state index contributed by atoms with van der Waals surface area (Å²) in [7, 11) is -2.82. The zero-order valence-corrected chi connectivity index (χ0v) is 22.4. The Hall–Kier alpha value is -1.88. The number of nitrogens with zero attached hydrogens (tertiary/aromatic N) is 3. The van der Waals surface area contributed by atoms with Gasteiger partial charge in [-0.15, -0.1) is 0 Å². The van der Waals surface area contributed by atoms with E-state index in [-0.39, 0.29) is 11.5 Å². The molecule has 36 heavy (non-hydrogen) atoms. The molecule has 0 spiro atoms. The monoisotopic (exact) mass is 541 g/mol. The third-order valence-electron chi connectivity index (χ3n) is 7.57. The molecule has 2 atom stereocenters. The third kappa shape index (κ3) is 6.15. The highest BCUT2D eigenvalue weighted by Crippen LogP contribution is 2.31. The van der Waals surface area contributed by atoms with Crippen molar-refractivity contribution in [3.8, 4) is 0 Å². The smallest absolute Gasteiger partial charge is 0.409 e. The molecule has 1 amide bonds. The molecule has 3 saturated heterocycles. The molecular formula is C25H36ClN3O6S. The van der Waals surface area contributed by atoms with Crippen molar-refractivity contribution in [1.82, 2.24) is 14.1 Å². The average Bonchev–Trinajstić information content (AvgIpc) is 2.91. The minimum atomic E-state index is -4.06. The minimum absolute atomic E-state index is 0.0267. The lowest BCUT2D eigenvalue weighted by atomic mass is 9.99. The number of amides is 1. The van der Waals surface area contributed by atoms with E-state index in [2.05, 4.69) is 4.90 Å². The topological polar surface area (TPSA) is 96.5 Å². The summed E-state index contributed by atoms with van der Waals surface area (Å²) in [6.45, 7) is 3.40. The number of methoxy groups -OCH3 is 1. The fourth-order valence-corrected chi connectivity index (χ4v) is 7.55. The van der Waals surface area contributed by atoms with E-state index in [1.54, 1.807) is 4.90 Å². The first-order valence-electron chi connectivity index (χ1n) is 12.8. The highest BCUT2D eigenvalue weighted by molar-refractivity contribution is 7.89. The number of likely N-dealkylation sites (tertiary alicyclic amines) is 2. The normalized spacial score (nSPS) is 24.9. The van der Waals surface area contributed by atoms with Crippen molar-refractivity contribution < 1.29 is 27.5 Å². The first-order chi connectivity index (χ1) is 17.3. The first kappa shape index (κ1) is 27.2. The van der Waals surface area contributed by atoms with Gasteiger partial charge in [-0.05, 0) is 82.3 Å². The number of carbonyl (C=O) groups is 2. The quantitative estimate of drug-likeness (QED) is 0.508. The summed E-state index contributed by atoms with van der Waals surface area (Å²) in [5.74, 6) is -0.622. The molecule has 1 aromatic carbocycles. The standard InChI is InChI=1S/C25H36ClN3O6S/c1-34-24(30)23-7-5-6-21(29(23)36(32,33)22-10-8-19(26)9-11-22)18-35-25(31)28-16-12-20(13-17-28)27-14-3-2-4-15-27/h8-11,20-21,23H,2-7,12-18H2,1H3/t21-,23+/m1/s1. The van der Waals surface area contributed by atoms with Crippen LogP contribution in [0.3, 0.4) is 0 Å². The van der Waals surface area contributed by atoms with Crippen molar-refractivity contribution in [3.63, 3.8) is 0 Å². The lowest BCUT2D eigenvalue weighted by Crippen LogP contribution is -2.55. The third-order valence-corrected chi connectivity index (χ3v) is 9.80. The maximum absolute atomic E-state index is 13.6. The number of esters is 1. The molecule has 0 saturated carbocycles. The summed E-state index contributed by atoms with van der Waals surface area (Å²) < 4.78 is 38.9. The van der Waals surface area contributed by atoms with Gasteiger partial charge in [0.2, 0.25) is 10.0 Å². The van der Waals surface area contributed by atoms with Crippen LogP contribution in [0.1, 0.15) is 51.4 Å². The van der Waals surface area contributed by atoms with Gasteiger partial charge < -0.3 is 19.3 Å². The summed E-state index contributed by atoms with van der Waals surface area (Å²) in [4.78, 5) is 29.7. The molecule has 4 rings (SSSR count). The van der Waals surface area contributed by atoms with Gasteiger partial charge in [0.05, 0.1) is 18.0 Å². The maximum atomic E-state index is 13.6. The molecule has 0 bridgehead atoms. The lowest BCUT2D eigenvalue weighted by molar-refractivity contribution is -0.147. The summed E-state index contributed by atoms with van der Waals surface area (Å²) in [5.41, 5.74) is 0. The van der Waals surface area contributed by atoms with Gasteiger partial charge >= 0.3 is 12.1 Å². The molecule has 3 aliphatic heterocycles. The molecule has 0 unspecified atom stereocenters. The Kier molecular flexibility index (Phi) is 9.14. The van der Waals surface area contributed by atoms with Crippen LogP contribution in [0.2, 0.25) is 5.02 Å². The fraction of sp³-hybridized carbons (Fsp3) is 0.680. The summed E-state index contributed by atoms with van der Waals surface area (Å²) in [6, 6.07) is 4.68. The highest BCUT2D eigenvalue weighted by atomic mass is 35.5. The van der Waals surface area contributed by atoms with Gasteiger partial charge in [0.25, 0.3) is 0 Å². The van der Waals surface area contributed by atoms with Crippen LogP contribution in [-0.4, -0.2) is 92.6 Å². The van der Waals surface area contributed by atoms with E-state index in [0.717, 1.165) is 25.9 Å². The Morgan fingerprint density at radius 1 is 0.944 bits per heavy atom. The van der Waals surface area contributed by atoms with Crippen LogP contribution in [0.25, 0.3) is 0 Å². The lowest BCUT2D eigenvalue weighted by Gasteiger charge is -2.41. The van der Waals surface area contributed by atoms with Gasteiger partial charge in [-0.1, -0.05) is 18.0 Å². The predicted molar refractivity (Wildman–Crippen MR) is 135 cm³/mol. The first-order valence-corrected chi connectivity index (χ1v) is 14.7. The van der Waals surface area contributed by atoms with E-state index < -0.39 is 34.2 Å². The molecule has 200 valence electrons. The minimum Gasteiger partial charge on any atom is -0.468 e. The second-order valence-electron chi connectivity index (χ2n) is 9.80. The average molecular weight is 542 g/mol. The van der Waals surface area contributed by atoms with Crippen LogP contribution >= 0.6 is 11.6 Å². The van der Waals surface area contributed by atoms with Crippen molar-refractivity contribution in [3.05, 3.63) is 29.3 Å². The second kappa shape index (κ2) is 12.1. The molecule has 9 nitrogen and oxygen atoms in total. The van der Waals surface area contributed by atoms with Gasteiger partial charge in [0.1, 0.15) is 12.6 Å². The number of hydrogen-bond donors (Lipinski definition) is 0. The Morgan fingerprint density at radius 3 is 2.25 bits per heavy atom. The van der Waals surface area contributed by atoms with Crippen LogP contribution < -0.4 is 0 Å². The van der Waals surface area contributed by atoms with Crippen molar-refractivity contribution in [1.29, 1.82) is 0 Å². The Labute approximate surface area is 218 Å². The van der Waals surface area contributed by atoms with E-state index >= 15 is 0 Å². The van der Waals surface area contributed by atoms with Crippen LogP contribution in [0, 0.1) is 0 Å². The molecule has 3 heterocycles.